The molecule has 1 aromatic carbocycles. The van der Waals surface area contributed by atoms with Crippen molar-refractivity contribution in [2.24, 2.45) is 0 Å². The first-order valence-electron chi connectivity index (χ1n) is 6.60. The van der Waals surface area contributed by atoms with Crippen molar-refractivity contribution in [1.82, 2.24) is 4.90 Å². The first-order chi connectivity index (χ1) is 9.61. The van der Waals surface area contributed by atoms with Gasteiger partial charge in [0.2, 0.25) is 5.91 Å². The number of hydrogen-bond acceptors (Lipinski definition) is 3. The van der Waals surface area contributed by atoms with Crippen LogP contribution in [0.1, 0.15) is 19.3 Å². The molecule has 1 fully saturated rings. The maximum atomic E-state index is 12.0. The molecule has 0 aromatic heterocycles. The summed E-state index contributed by atoms with van der Waals surface area (Å²) in [5.74, 6) is 0.606. The number of rotatable bonds is 5. The van der Waals surface area contributed by atoms with E-state index in [1.54, 1.807) is 23.1 Å². The molecular weight excluding hydrogens is 301 g/mol. The quantitative estimate of drug-likeness (QED) is 0.908. The number of hydrogen-bond donors (Lipinski definition) is 1. The molecule has 1 atom stereocenters. The number of nitrogens with zero attached hydrogens (tertiary/aromatic N) is 1. The second kappa shape index (κ2) is 7.16. The minimum Gasteiger partial charge on any atom is -0.493 e. The molecule has 1 amide bonds. The summed E-state index contributed by atoms with van der Waals surface area (Å²) >= 11 is 11.7. The van der Waals surface area contributed by atoms with Crippen molar-refractivity contribution >= 4 is 29.1 Å². The number of likely N-dealkylation sites (tertiary alicyclic amines) is 1. The van der Waals surface area contributed by atoms with E-state index in [-0.39, 0.29) is 31.6 Å². The van der Waals surface area contributed by atoms with Gasteiger partial charge in [0, 0.05) is 12.6 Å². The van der Waals surface area contributed by atoms with Crippen molar-refractivity contribution in [3.8, 4) is 5.75 Å². The van der Waals surface area contributed by atoms with Gasteiger partial charge < -0.3 is 14.7 Å². The Labute approximate surface area is 128 Å². The van der Waals surface area contributed by atoms with Crippen LogP contribution in [0.2, 0.25) is 10.0 Å². The van der Waals surface area contributed by atoms with Crippen LogP contribution in [0.4, 0.5) is 0 Å². The van der Waals surface area contributed by atoms with Crippen LogP contribution < -0.4 is 4.74 Å². The zero-order valence-electron chi connectivity index (χ0n) is 11.0. The third kappa shape index (κ3) is 3.78. The molecule has 4 nitrogen and oxygen atoms in total. The van der Waals surface area contributed by atoms with Crippen molar-refractivity contribution < 1.29 is 14.6 Å². The molecule has 2 rings (SSSR count). The summed E-state index contributed by atoms with van der Waals surface area (Å²) in [6.07, 6.45) is 2.11. The molecule has 1 aliphatic heterocycles. The van der Waals surface area contributed by atoms with Crippen LogP contribution in [0.5, 0.6) is 5.75 Å². The fraction of sp³-hybridized carbons (Fsp3) is 0.500. The lowest BCUT2D eigenvalue weighted by Gasteiger charge is -2.23. The van der Waals surface area contributed by atoms with E-state index in [9.17, 15) is 9.90 Å². The standard InChI is InChI=1S/C14H17Cl2NO3/c15-12-4-3-11(8-13(12)16)20-7-5-14(19)17-6-1-2-10(17)9-18/h3-4,8,10,18H,1-2,5-7,9H2. The molecule has 0 aliphatic carbocycles. The molecule has 0 spiro atoms. The summed E-state index contributed by atoms with van der Waals surface area (Å²) < 4.78 is 5.49. The van der Waals surface area contributed by atoms with Crippen LogP contribution >= 0.6 is 23.2 Å². The number of benzene rings is 1. The highest BCUT2D eigenvalue weighted by atomic mass is 35.5. The molecule has 110 valence electrons. The number of ether oxygens (including phenoxy) is 1. The Morgan fingerprint density at radius 2 is 2.20 bits per heavy atom. The molecular formula is C14H17Cl2NO3. The maximum Gasteiger partial charge on any atom is 0.226 e. The molecule has 1 aromatic rings. The van der Waals surface area contributed by atoms with Gasteiger partial charge >= 0.3 is 0 Å². The average Bonchev–Trinajstić information content (AvgIpc) is 2.91. The molecule has 0 saturated carbocycles. The Kier molecular flexibility index (Phi) is 5.52. The number of aliphatic hydroxyl groups excluding tert-OH is 1. The summed E-state index contributed by atoms with van der Waals surface area (Å²) in [5.41, 5.74) is 0. The van der Waals surface area contributed by atoms with Crippen LogP contribution in [0.15, 0.2) is 18.2 Å². The number of aliphatic hydroxyl groups is 1. The van der Waals surface area contributed by atoms with E-state index in [4.69, 9.17) is 27.9 Å². The van der Waals surface area contributed by atoms with Gasteiger partial charge in [0.05, 0.1) is 35.7 Å². The molecule has 1 unspecified atom stereocenters. The molecule has 1 N–H and O–H groups in total. The van der Waals surface area contributed by atoms with Gasteiger partial charge in [-0.15, -0.1) is 0 Å². The van der Waals surface area contributed by atoms with Gasteiger partial charge in [0.15, 0.2) is 0 Å². The highest BCUT2D eigenvalue weighted by Crippen LogP contribution is 2.26. The smallest absolute Gasteiger partial charge is 0.226 e. The Hall–Kier alpha value is -0.970. The Bertz CT molecular complexity index is 481. The molecule has 1 saturated heterocycles. The van der Waals surface area contributed by atoms with Crippen molar-refractivity contribution in [3.63, 3.8) is 0 Å². The lowest BCUT2D eigenvalue weighted by Crippen LogP contribution is -2.38. The largest absolute Gasteiger partial charge is 0.493 e. The molecule has 6 heteroatoms. The topological polar surface area (TPSA) is 49.8 Å². The van der Waals surface area contributed by atoms with E-state index in [0.29, 0.717) is 15.8 Å². The Balaban J connectivity index is 1.80. The molecule has 0 radical (unpaired) electrons. The third-order valence-electron chi connectivity index (χ3n) is 3.38. The normalized spacial score (nSPS) is 18.4. The number of carbonyl (C=O) groups excluding carboxylic acids is 1. The average molecular weight is 318 g/mol. The summed E-state index contributed by atoms with van der Waals surface area (Å²) in [5, 5.41) is 10.1. The van der Waals surface area contributed by atoms with Crippen LogP contribution in [0.3, 0.4) is 0 Å². The summed E-state index contributed by atoms with van der Waals surface area (Å²) in [7, 11) is 0. The second-order valence-electron chi connectivity index (χ2n) is 4.74. The van der Waals surface area contributed by atoms with Crippen LogP contribution in [-0.4, -0.2) is 41.7 Å². The lowest BCUT2D eigenvalue weighted by atomic mass is 10.2. The van der Waals surface area contributed by atoms with Gasteiger partial charge in [-0.2, -0.15) is 0 Å². The van der Waals surface area contributed by atoms with Gasteiger partial charge in [0.25, 0.3) is 0 Å². The van der Waals surface area contributed by atoms with Gasteiger partial charge in [-0.1, -0.05) is 23.2 Å². The van der Waals surface area contributed by atoms with E-state index in [1.165, 1.54) is 0 Å². The summed E-state index contributed by atoms with van der Waals surface area (Å²) in [6, 6.07) is 4.96. The van der Waals surface area contributed by atoms with E-state index < -0.39 is 0 Å². The van der Waals surface area contributed by atoms with Gasteiger partial charge in [-0.25, -0.2) is 0 Å². The van der Waals surface area contributed by atoms with Crippen molar-refractivity contribution in [1.29, 1.82) is 0 Å². The fourth-order valence-corrected chi connectivity index (χ4v) is 2.61. The second-order valence-corrected chi connectivity index (χ2v) is 5.55. The first-order valence-corrected chi connectivity index (χ1v) is 7.35. The Morgan fingerprint density at radius 3 is 2.90 bits per heavy atom. The van der Waals surface area contributed by atoms with E-state index in [1.807, 2.05) is 0 Å². The zero-order valence-corrected chi connectivity index (χ0v) is 12.5. The fourth-order valence-electron chi connectivity index (χ4n) is 2.32. The van der Waals surface area contributed by atoms with Gasteiger partial charge in [-0.05, 0) is 25.0 Å². The van der Waals surface area contributed by atoms with Crippen LogP contribution in [0.25, 0.3) is 0 Å². The lowest BCUT2D eigenvalue weighted by molar-refractivity contribution is -0.133. The summed E-state index contributed by atoms with van der Waals surface area (Å²) in [4.78, 5) is 13.7. The number of halogens is 2. The van der Waals surface area contributed by atoms with Crippen LogP contribution in [0, 0.1) is 0 Å². The SMILES string of the molecule is O=C(CCOc1ccc(Cl)c(Cl)c1)N1CCCC1CO. The number of carbonyl (C=O) groups is 1. The van der Waals surface area contributed by atoms with Crippen molar-refractivity contribution in [2.45, 2.75) is 25.3 Å². The monoisotopic (exact) mass is 317 g/mol. The summed E-state index contributed by atoms with van der Waals surface area (Å²) in [6.45, 7) is 1.03. The van der Waals surface area contributed by atoms with Gasteiger partial charge in [-0.3, -0.25) is 4.79 Å². The zero-order chi connectivity index (χ0) is 14.5. The molecule has 1 heterocycles. The van der Waals surface area contributed by atoms with E-state index in [0.717, 1.165) is 19.4 Å². The predicted octanol–water partition coefficient (Wildman–Crippen LogP) is 2.75. The highest BCUT2D eigenvalue weighted by Gasteiger charge is 2.27. The Morgan fingerprint density at radius 1 is 1.40 bits per heavy atom. The van der Waals surface area contributed by atoms with E-state index >= 15 is 0 Å². The minimum atomic E-state index is -0.0347. The van der Waals surface area contributed by atoms with Crippen LogP contribution in [-0.2, 0) is 4.79 Å². The highest BCUT2D eigenvalue weighted by molar-refractivity contribution is 6.42. The van der Waals surface area contributed by atoms with E-state index in [2.05, 4.69) is 0 Å². The molecule has 20 heavy (non-hydrogen) atoms. The number of amides is 1. The van der Waals surface area contributed by atoms with Gasteiger partial charge in [0.1, 0.15) is 5.75 Å². The molecule has 1 aliphatic rings. The minimum absolute atomic E-state index is 0.0154. The van der Waals surface area contributed by atoms with Crippen molar-refractivity contribution in [3.05, 3.63) is 28.2 Å². The third-order valence-corrected chi connectivity index (χ3v) is 4.12. The molecule has 0 bridgehead atoms. The van der Waals surface area contributed by atoms with Crippen molar-refractivity contribution in [2.75, 3.05) is 19.8 Å². The maximum absolute atomic E-state index is 12.0. The first kappa shape index (κ1) is 15.4. The predicted molar refractivity (Wildman–Crippen MR) is 78.4 cm³/mol.